The summed E-state index contributed by atoms with van der Waals surface area (Å²) in [6.45, 7) is -0.135. The molecular weight excluding hydrogens is 718 g/mol. The number of carbonyl (C=O) groups is 5. The van der Waals surface area contributed by atoms with Gasteiger partial charge in [-0.1, -0.05) is 84.6 Å². The van der Waals surface area contributed by atoms with Crippen molar-refractivity contribution in [3.63, 3.8) is 0 Å². The zero-order valence-electron chi connectivity index (χ0n) is 30.5. The number of carbonyl (C=O) groups excluding carboxylic acids is 5. The van der Waals surface area contributed by atoms with Crippen LogP contribution in [-0.4, -0.2) is 73.2 Å². The molecule has 0 saturated carbocycles. The molecule has 2 amide bonds. The standard InChI is InChI=1S/C43H39N3O10/c1-53-39(49)30(40(50)54-2)15-9-10-25-16-21-32-31(24-25)43(42(52)45-32)33(38(44)48)35-41(51)56-36(27-13-7-4-8-14-27)34(26-11-5-3-6-12-26)46(35)37(43)28-17-19-29(20-18-28)55-23-22-47/h3-8,11-14,16-21,24,30,33-37,47H,15,22-23H2,1-2H3,(H2,44,48)(H,45,52). The molecule has 2 fully saturated rings. The van der Waals surface area contributed by atoms with Crippen LogP contribution in [0.3, 0.4) is 0 Å². The molecule has 4 aromatic rings. The molecule has 0 bridgehead atoms. The minimum Gasteiger partial charge on any atom is -0.491 e. The van der Waals surface area contributed by atoms with Crippen LogP contribution in [0.1, 0.15) is 52.4 Å². The fourth-order valence-electron chi connectivity index (χ4n) is 8.41. The van der Waals surface area contributed by atoms with Crippen molar-refractivity contribution in [1.29, 1.82) is 0 Å². The van der Waals surface area contributed by atoms with Crippen LogP contribution >= 0.6 is 0 Å². The lowest BCUT2D eigenvalue weighted by molar-refractivity contribution is -0.178. The summed E-state index contributed by atoms with van der Waals surface area (Å²) in [5, 5.41) is 12.3. The van der Waals surface area contributed by atoms with E-state index in [2.05, 4.69) is 17.2 Å². The van der Waals surface area contributed by atoms with E-state index >= 15 is 0 Å². The Bertz CT molecular complexity index is 2200. The maximum atomic E-state index is 14.9. The Kier molecular flexibility index (Phi) is 10.6. The molecule has 1 spiro atoms. The van der Waals surface area contributed by atoms with Crippen LogP contribution in [0.4, 0.5) is 5.69 Å². The summed E-state index contributed by atoms with van der Waals surface area (Å²) in [7, 11) is 2.32. The molecule has 3 aliphatic heterocycles. The minimum absolute atomic E-state index is 0.0605. The molecule has 4 N–H and O–H groups in total. The molecular formula is C43H39N3O10. The average molecular weight is 758 g/mol. The van der Waals surface area contributed by atoms with Crippen LogP contribution < -0.4 is 15.8 Å². The fourth-order valence-corrected chi connectivity index (χ4v) is 8.41. The predicted molar refractivity (Wildman–Crippen MR) is 200 cm³/mol. The zero-order chi connectivity index (χ0) is 39.6. The largest absolute Gasteiger partial charge is 0.491 e. The first-order chi connectivity index (χ1) is 27.1. The Balaban J connectivity index is 1.45. The SMILES string of the molecule is COC(=O)C(CC#Cc1ccc2c(c1)C1(C(=O)N2)C(C(N)=O)C2C(=O)OC(c3ccccc3)C(c3ccccc3)N2C1c1ccc(OCCO)cc1)C(=O)OC. The molecule has 4 aromatic carbocycles. The molecule has 6 atom stereocenters. The summed E-state index contributed by atoms with van der Waals surface area (Å²) in [6, 6.07) is 27.6. The molecule has 56 heavy (non-hydrogen) atoms. The number of cyclic esters (lactones) is 1. The molecule has 3 heterocycles. The molecule has 13 nitrogen and oxygen atoms in total. The first kappa shape index (κ1) is 37.8. The van der Waals surface area contributed by atoms with Crippen molar-refractivity contribution >= 4 is 35.4 Å². The maximum absolute atomic E-state index is 14.9. The third-order valence-corrected chi connectivity index (χ3v) is 10.7. The number of nitrogens with two attached hydrogens (primary N) is 1. The molecule has 0 aromatic heterocycles. The van der Waals surface area contributed by atoms with E-state index in [-0.39, 0.29) is 19.6 Å². The highest BCUT2D eigenvalue weighted by Crippen LogP contribution is 2.64. The number of ether oxygens (including phenoxy) is 4. The van der Waals surface area contributed by atoms with Gasteiger partial charge in [0.2, 0.25) is 11.8 Å². The lowest BCUT2D eigenvalue weighted by Gasteiger charge is -2.46. The fraction of sp³-hybridized carbons (Fsp3) is 0.279. The summed E-state index contributed by atoms with van der Waals surface area (Å²) in [5.74, 6) is -0.155. The number of anilines is 1. The van der Waals surface area contributed by atoms with Gasteiger partial charge in [0, 0.05) is 17.7 Å². The highest BCUT2D eigenvalue weighted by Gasteiger charge is 2.73. The molecule has 0 radical (unpaired) electrons. The van der Waals surface area contributed by atoms with E-state index in [4.69, 9.17) is 24.7 Å². The van der Waals surface area contributed by atoms with Gasteiger partial charge in [0.25, 0.3) is 0 Å². The van der Waals surface area contributed by atoms with Crippen LogP contribution in [-0.2, 0) is 43.6 Å². The van der Waals surface area contributed by atoms with Crippen LogP contribution in [0.5, 0.6) is 5.75 Å². The normalized spacial score (nSPS) is 23.6. The summed E-state index contributed by atoms with van der Waals surface area (Å²) in [6.07, 6.45) is -1.06. The van der Waals surface area contributed by atoms with Crippen molar-refractivity contribution < 1.29 is 48.0 Å². The van der Waals surface area contributed by atoms with Gasteiger partial charge in [0.05, 0.1) is 38.8 Å². The van der Waals surface area contributed by atoms with Crippen molar-refractivity contribution in [3.8, 4) is 17.6 Å². The van der Waals surface area contributed by atoms with Crippen LogP contribution in [0.25, 0.3) is 0 Å². The number of aliphatic hydroxyl groups is 1. The van der Waals surface area contributed by atoms with E-state index in [1.807, 2.05) is 65.6 Å². The van der Waals surface area contributed by atoms with Crippen LogP contribution in [0.2, 0.25) is 0 Å². The molecule has 6 unspecified atom stereocenters. The third kappa shape index (κ3) is 6.42. The Morgan fingerprint density at radius 3 is 2.12 bits per heavy atom. The minimum atomic E-state index is -1.80. The van der Waals surface area contributed by atoms with Crippen molar-refractivity contribution in [3.05, 3.63) is 131 Å². The summed E-state index contributed by atoms with van der Waals surface area (Å²) >= 11 is 0. The van der Waals surface area contributed by atoms with E-state index < -0.39 is 71.2 Å². The van der Waals surface area contributed by atoms with Crippen molar-refractivity contribution in [1.82, 2.24) is 4.90 Å². The quantitative estimate of drug-likeness (QED) is 0.0932. The van der Waals surface area contributed by atoms with Gasteiger partial charge < -0.3 is 35.1 Å². The van der Waals surface area contributed by atoms with Gasteiger partial charge in [-0.25, -0.2) is 0 Å². The first-order valence-electron chi connectivity index (χ1n) is 18.0. The number of fused-ring (bicyclic) bond motifs is 3. The summed E-state index contributed by atoms with van der Waals surface area (Å²) in [5.41, 5.74) is 7.76. The van der Waals surface area contributed by atoms with Gasteiger partial charge in [0.15, 0.2) is 5.92 Å². The van der Waals surface area contributed by atoms with Crippen molar-refractivity contribution in [2.75, 3.05) is 32.8 Å². The lowest BCUT2D eigenvalue weighted by atomic mass is 9.65. The summed E-state index contributed by atoms with van der Waals surface area (Å²) in [4.78, 5) is 70.0. The molecule has 3 aliphatic rings. The zero-order valence-corrected chi connectivity index (χ0v) is 30.5. The highest BCUT2D eigenvalue weighted by atomic mass is 16.6. The number of methoxy groups -OCH3 is 2. The predicted octanol–water partition coefficient (Wildman–Crippen LogP) is 3.52. The number of morpholine rings is 1. The van der Waals surface area contributed by atoms with Gasteiger partial charge in [-0.15, -0.1) is 0 Å². The number of nitrogens with zero attached hydrogens (tertiary/aromatic N) is 1. The smallest absolute Gasteiger partial charge is 0.324 e. The van der Waals surface area contributed by atoms with Crippen molar-refractivity contribution in [2.24, 2.45) is 17.6 Å². The topological polar surface area (TPSA) is 184 Å². The van der Waals surface area contributed by atoms with E-state index in [1.165, 1.54) is 0 Å². The van der Waals surface area contributed by atoms with E-state index in [0.717, 1.165) is 19.8 Å². The molecule has 7 rings (SSSR count). The van der Waals surface area contributed by atoms with Gasteiger partial charge in [-0.3, -0.25) is 28.9 Å². The Hall–Kier alpha value is -6.49. The Labute approximate surface area is 322 Å². The van der Waals surface area contributed by atoms with Crippen molar-refractivity contribution in [2.45, 2.75) is 36.1 Å². The van der Waals surface area contributed by atoms with Gasteiger partial charge >= 0.3 is 17.9 Å². The number of aliphatic hydroxyl groups excluding tert-OH is 1. The van der Waals surface area contributed by atoms with Gasteiger partial charge in [0.1, 0.15) is 29.9 Å². The average Bonchev–Trinajstić information content (AvgIpc) is 3.70. The lowest BCUT2D eigenvalue weighted by Crippen LogP contribution is -2.53. The Morgan fingerprint density at radius 1 is 0.875 bits per heavy atom. The second-order valence-electron chi connectivity index (χ2n) is 13.6. The molecule has 286 valence electrons. The molecule has 2 saturated heterocycles. The second-order valence-corrected chi connectivity index (χ2v) is 13.6. The molecule has 13 heteroatoms. The number of nitrogens with one attached hydrogen (secondary N) is 1. The maximum Gasteiger partial charge on any atom is 0.324 e. The highest BCUT2D eigenvalue weighted by molar-refractivity contribution is 6.12. The Morgan fingerprint density at radius 2 is 1.52 bits per heavy atom. The van der Waals surface area contributed by atoms with Gasteiger partial charge in [-0.05, 0) is 52.6 Å². The number of benzene rings is 4. The first-order valence-corrected chi connectivity index (χ1v) is 18.0. The van der Waals surface area contributed by atoms with Gasteiger partial charge in [-0.2, -0.15) is 0 Å². The third-order valence-electron chi connectivity index (χ3n) is 10.7. The number of amides is 2. The van der Waals surface area contributed by atoms with Crippen LogP contribution in [0, 0.1) is 23.7 Å². The number of hydrogen-bond acceptors (Lipinski definition) is 11. The van der Waals surface area contributed by atoms with Crippen LogP contribution in [0.15, 0.2) is 103 Å². The monoisotopic (exact) mass is 757 g/mol. The molecule has 0 aliphatic carbocycles. The second kappa shape index (κ2) is 15.7. The number of esters is 3. The van der Waals surface area contributed by atoms with E-state index in [1.54, 1.807) is 42.5 Å². The van der Waals surface area contributed by atoms with E-state index in [9.17, 15) is 29.1 Å². The number of hydrogen-bond donors (Lipinski definition) is 3. The number of primary amides is 1. The number of rotatable bonds is 10. The summed E-state index contributed by atoms with van der Waals surface area (Å²) < 4.78 is 21.5. The van der Waals surface area contributed by atoms with E-state index in [0.29, 0.717) is 33.7 Å².